The molecule has 5 nitrogen and oxygen atoms in total. The average Bonchev–Trinajstić information content (AvgIpc) is 2.89. The van der Waals surface area contributed by atoms with Gasteiger partial charge < -0.3 is 5.73 Å². The normalized spacial score (nSPS) is 10.5. The minimum Gasteiger partial charge on any atom is -0.383 e. The number of hydrogen-bond donors (Lipinski definition) is 2. The summed E-state index contributed by atoms with van der Waals surface area (Å²) in [7, 11) is 0. The van der Waals surface area contributed by atoms with Gasteiger partial charge in [0, 0.05) is 5.69 Å². The number of hydrazine groups is 1. The molecule has 0 unspecified atom stereocenters. The van der Waals surface area contributed by atoms with E-state index < -0.39 is 0 Å². The second-order valence-electron chi connectivity index (χ2n) is 4.76. The van der Waals surface area contributed by atoms with E-state index in [-0.39, 0.29) is 5.91 Å². The van der Waals surface area contributed by atoms with Crippen LogP contribution in [0.25, 0.3) is 5.69 Å². The van der Waals surface area contributed by atoms with Gasteiger partial charge in [0.15, 0.2) is 3.95 Å². The van der Waals surface area contributed by atoms with Crippen molar-refractivity contribution in [2.45, 2.75) is 0 Å². The molecule has 23 heavy (non-hydrogen) atoms. The highest BCUT2D eigenvalue weighted by atomic mass is 32.1. The molecule has 0 atom stereocenters. The van der Waals surface area contributed by atoms with E-state index in [1.54, 1.807) is 16.7 Å². The van der Waals surface area contributed by atoms with Crippen LogP contribution in [0, 0.1) is 3.95 Å². The molecule has 0 radical (unpaired) electrons. The van der Waals surface area contributed by atoms with Crippen molar-refractivity contribution in [3.05, 3.63) is 69.5 Å². The number of rotatable bonds is 3. The van der Waals surface area contributed by atoms with Crippen molar-refractivity contribution in [3.8, 4) is 5.69 Å². The molecular formula is C16H14N4OS2. The van der Waals surface area contributed by atoms with E-state index >= 15 is 0 Å². The van der Waals surface area contributed by atoms with Crippen molar-refractivity contribution >= 4 is 41.0 Å². The van der Waals surface area contributed by atoms with Gasteiger partial charge in [-0.15, -0.1) is 0 Å². The standard InChI is InChI=1S/C16H14N4OS2/c17-14-13(15(21)20(18)12-9-5-2-6-10-12)23-16(22)19(14)11-7-3-1-4-8-11/h1-10H,17-18H2. The summed E-state index contributed by atoms with van der Waals surface area (Å²) in [4.78, 5) is 13.0. The second kappa shape index (κ2) is 6.33. The highest BCUT2D eigenvalue weighted by Gasteiger charge is 2.22. The van der Waals surface area contributed by atoms with E-state index in [1.807, 2.05) is 48.5 Å². The van der Waals surface area contributed by atoms with Gasteiger partial charge in [0.05, 0.1) is 5.69 Å². The van der Waals surface area contributed by atoms with Gasteiger partial charge in [-0.25, -0.2) is 10.9 Å². The van der Waals surface area contributed by atoms with Gasteiger partial charge in [-0.3, -0.25) is 9.36 Å². The first kappa shape index (κ1) is 15.4. The van der Waals surface area contributed by atoms with Crippen LogP contribution in [0.3, 0.4) is 0 Å². The van der Waals surface area contributed by atoms with Crippen LogP contribution in [0.5, 0.6) is 0 Å². The fourth-order valence-corrected chi connectivity index (χ4v) is 3.48. The maximum absolute atomic E-state index is 12.6. The number of nitrogens with two attached hydrogens (primary N) is 2. The van der Waals surface area contributed by atoms with Gasteiger partial charge in [0.2, 0.25) is 0 Å². The molecule has 4 N–H and O–H groups in total. The first-order valence-electron chi connectivity index (χ1n) is 6.80. The average molecular weight is 342 g/mol. The Hall–Kier alpha value is -2.48. The Balaban J connectivity index is 2.02. The third-order valence-corrected chi connectivity index (χ3v) is 4.68. The molecule has 3 rings (SSSR count). The lowest BCUT2D eigenvalue weighted by atomic mass is 10.3. The summed E-state index contributed by atoms with van der Waals surface area (Å²) in [5.74, 6) is 5.83. The lowest BCUT2D eigenvalue weighted by Crippen LogP contribution is -2.37. The molecule has 0 spiro atoms. The summed E-state index contributed by atoms with van der Waals surface area (Å²) in [6.07, 6.45) is 0. The van der Waals surface area contributed by atoms with E-state index in [0.717, 1.165) is 22.0 Å². The Morgan fingerprint density at radius 1 is 1.04 bits per heavy atom. The molecular weight excluding hydrogens is 328 g/mol. The van der Waals surface area contributed by atoms with Crippen LogP contribution in [0.4, 0.5) is 11.5 Å². The van der Waals surface area contributed by atoms with Crippen LogP contribution in [0.2, 0.25) is 0 Å². The molecule has 1 aromatic heterocycles. The van der Waals surface area contributed by atoms with Crippen molar-refractivity contribution in [2.24, 2.45) is 5.84 Å². The number of amides is 1. The number of benzene rings is 2. The first-order valence-corrected chi connectivity index (χ1v) is 8.03. The highest BCUT2D eigenvalue weighted by molar-refractivity contribution is 7.73. The molecule has 3 aromatic rings. The van der Waals surface area contributed by atoms with Gasteiger partial charge in [-0.1, -0.05) is 47.7 Å². The second-order valence-corrected chi connectivity index (χ2v) is 6.41. The monoisotopic (exact) mass is 342 g/mol. The summed E-state index contributed by atoms with van der Waals surface area (Å²) in [5, 5.41) is 1.08. The summed E-state index contributed by atoms with van der Waals surface area (Å²) in [5.41, 5.74) is 7.56. The number of nitrogen functional groups attached to an aromatic ring is 1. The first-order chi connectivity index (χ1) is 11.1. The largest absolute Gasteiger partial charge is 0.383 e. The molecule has 0 aliphatic heterocycles. The number of para-hydroxylation sites is 2. The highest BCUT2D eigenvalue weighted by Crippen LogP contribution is 2.28. The fraction of sp³-hybridized carbons (Fsp3) is 0. The molecule has 1 heterocycles. The summed E-state index contributed by atoms with van der Waals surface area (Å²) < 4.78 is 2.17. The van der Waals surface area contributed by atoms with E-state index in [4.69, 9.17) is 23.8 Å². The molecule has 0 saturated heterocycles. The lowest BCUT2D eigenvalue weighted by molar-refractivity contribution is 0.0991. The number of carbonyl (C=O) groups excluding carboxylic acids is 1. The Labute approximate surface area is 142 Å². The topological polar surface area (TPSA) is 77.3 Å². The Morgan fingerprint density at radius 3 is 2.22 bits per heavy atom. The van der Waals surface area contributed by atoms with Crippen molar-refractivity contribution in [1.82, 2.24) is 4.57 Å². The van der Waals surface area contributed by atoms with E-state index in [1.165, 1.54) is 0 Å². The molecule has 0 bridgehead atoms. The molecule has 1 amide bonds. The van der Waals surface area contributed by atoms with Crippen LogP contribution in [-0.4, -0.2) is 10.5 Å². The number of nitrogens with zero attached hydrogens (tertiary/aromatic N) is 2. The minimum atomic E-state index is -0.389. The van der Waals surface area contributed by atoms with Crippen LogP contribution < -0.4 is 16.6 Å². The lowest BCUT2D eigenvalue weighted by Gasteiger charge is -2.16. The number of hydrogen-bond acceptors (Lipinski definition) is 5. The van der Waals surface area contributed by atoms with Gasteiger partial charge >= 0.3 is 0 Å². The van der Waals surface area contributed by atoms with E-state index in [9.17, 15) is 4.79 Å². The zero-order valence-electron chi connectivity index (χ0n) is 12.0. The van der Waals surface area contributed by atoms with Gasteiger partial charge in [-0.2, -0.15) is 0 Å². The smallest absolute Gasteiger partial charge is 0.286 e. The molecule has 0 aliphatic carbocycles. The Kier molecular flexibility index (Phi) is 4.24. The van der Waals surface area contributed by atoms with Crippen molar-refractivity contribution < 1.29 is 4.79 Å². The van der Waals surface area contributed by atoms with Gasteiger partial charge in [-0.05, 0) is 36.5 Å². The van der Waals surface area contributed by atoms with Crippen LogP contribution in [0.1, 0.15) is 9.67 Å². The quantitative estimate of drug-likeness (QED) is 0.331. The fourth-order valence-electron chi connectivity index (χ4n) is 2.18. The molecule has 116 valence electrons. The Bertz CT molecular complexity index is 887. The zero-order valence-corrected chi connectivity index (χ0v) is 13.7. The van der Waals surface area contributed by atoms with Crippen molar-refractivity contribution in [1.29, 1.82) is 0 Å². The van der Waals surface area contributed by atoms with Crippen molar-refractivity contribution in [3.63, 3.8) is 0 Å². The SMILES string of the molecule is Nc1c(C(=O)N(N)c2ccccc2)sc(=S)n1-c1ccccc1. The van der Waals surface area contributed by atoms with Crippen LogP contribution >= 0.6 is 23.6 Å². The minimum absolute atomic E-state index is 0.294. The Morgan fingerprint density at radius 2 is 1.61 bits per heavy atom. The third kappa shape index (κ3) is 2.89. The van der Waals surface area contributed by atoms with E-state index in [2.05, 4.69) is 0 Å². The van der Waals surface area contributed by atoms with Crippen LogP contribution in [-0.2, 0) is 0 Å². The molecule has 7 heteroatoms. The number of anilines is 2. The van der Waals surface area contributed by atoms with Gasteiger partial charge in [0.25, 0.3) is 5.91 Å². The predicted octanol–water partition coefficient (Wildman–Crippen LogP) is 3.37. The molecule has 0 saturated carbocycles. The van der Waals surface area contributed by atoms with E-state index in [0.29, 0.717) is 20.3 Å². The number of carbonyl (C=O) groups is 1. The summed E-state index contributed by atoms with van der Waals surface area (Å²) >= 11 is 6.50. The maximum atomic E-state index is 12.6. The zero-order chi connectivity index (χ0) is 16.4. The predicted molar refractivity (Wildman–Crippen MR) is 96.3 cm³/mol. The summed E-state index contributed by atoms with van der Waals surface area (Å²) in [6, 6.07) is 18.4. The summed E-state index contributed by atoms with van der Waals surface area (Å²) in [6.45, 7) is 0. The molecule has 0 aliphatic rings. The third-order valence-electron chi connectivity index (χ3n) is 3.31. The number of aromatic nitrogens is 1. The van der Waals surface area contributed by atoms with Crippen molar-refractivity contribution in [2.75, 3.05) is 10.7 Å². The van der Waals surface area contributed by atoms with Crippen LogP contribution in [0.15, 0.2) is 60.7 Å². The molecule has 0 fully saturated rings. The molecule has 2 aromatic carbocycles. The maximum Gasteiger partial charge on any atom is 0.286 e. The number of thiazole rings is 1. The van der Waals surface area contributed by atoms with Gasteiger partial charge in [0.1, 0.15) is 10.7 Å².